The van der Waals surface area contributed by atoms with Crippen molar-refractivity contribution in [3.05, 3.63) is 66.7 Å². The molecule has 0 bridgehead atoms. The van der Waals surface area contributed by atoms with Gasteiger partial charge in [0.25, 0.3) is 0 Å². The molecule has 3 aromatic rings. The summed E-state index contributed by atoms with van der Waals surface area (Å²) in [7, 11) is -1.76. The van der Waals surface area contributed by atoms with Gasteiger partial charge in [-0.25, -0.2) is 18.6 Å². The van der Waals surface area contributed by atoms with Crippen LogP contribution in [-0.2, 0) is 20.5 Å². The van der Waals surface area contributed by atoms with Gasteiger partial charge in [0.05, 0.1) is 9.79 Å². The molecule has 0 spiro atoms. The second-order valence-electron chi connectivity index (χ2n) is 7.49. The van der Waals surface area contributed by atoms with Crippen molar-refractivity contribution in [2.24, 2.45) is 0 Å². The normalized spacial score (nSPS) is 12.6. The van der Waals surface area contributed by atoms with E-state index in [2.05, 4.69) is 54.6 Å². The summed E-state index contributed by atoms with van der Waals surface area (Å²) in [5.41, 5.74) is 1.60. The molecular weight excluding hydrogens is 512 g/mol. The number of fused-ring (bicyclic) bond motifs is 2. The third kappa shape index (κ3) is 6.56. The molecular formula is C24H23ClN2O6S2. The van der Waals surface area contributed by atoms with Crippen molar-refractivity contribution in [1.29, 1.82) is 0 Å². The van der Waals surface area contributed by atoms with Crippen LogP contribution in [0.3, 0.4) is 0 Å². The van der Waals surface area contributed by atoms with E-state index >= 15 is 0 Å². The topological polar surface area (TPSA) is 133 Å². The molecule has 0 N–H and O–H groups in total. The van der Waals surface area contributed by atoms with E-state index in [-0.39, 0.29) is 22.7 Å². The van der Waals surface area contributed by atoms with Crippen molar-refractivity contribution in [2.45, 2.75) is 38.3 Å². The molecule has 1 aliphatic heterocycles. The Morgan fingerprint density at radius 1 is 0.743 bits per heavy atom. The Morgan fingerprint density at radius 2 is 1.20 bits per heavy atom. The van der Waals surface area contributed by atoms with Crippen LogP contribution in [0.4, 0.5) is 11.4 Å². The van der Waals surface area contributed by atoms with Crippen LogP contribution in [0.5, 0.6) is 0 Å². The number of hydrogen-bond donors (Lipinski definition) is 0. The molecule has 0 saturated carbocycles. The highest BCUT2D eigenvalue weighted by atomic mass is 35.7. The summed E-state index contributed by atoms with van der Waals surface area (Å²) in [6, 6.07) is 22.9. The number of benzene rings is 3. The van der Waals surface area contributed by atoms with Crippen molar-refractivity contribution < 1.29 is 38.5 Å². The van der Waals surface area contributed by atoms with Crippen molar-refractivity contribution in [2.75, 3.05) is 23.9 Å². The number of carbonyl (C=O) groups is 2. The van der Waals surface area contributed by atoms with Crippen LogP contribution < -0.4 is 28.4 Å². The molecule has 0 unspecified atom stereocenters. The zero-order valence-corrected chi connectivity index (χ0v) is 21.8. The monoisotopic (exact) mass is 534 g/mol. The van der Waals surface area contributed by atoms with Crippen LogP contribution in [0.1, 0.15) is 13.8 Å². The Kier molecular flexibility index (Phi) is 8.50. The van der Waals surface area contributed by atoms with E-state index in [1.54, 1.807) is 42.6 Å². The number of hydrogen-bond acceptors (Lipinski definition) is 7. The highest BCUT2D eigenvalue weighted by Gasteiger charge is 2.40. The Labute approximate surface area is 212 Å². The number of nitrogens with zero attached hydrogens (tertiary/aromatic N) is 2. The molecule has 0 saturated heterocycles. The highest BCUT2D eigenvalue weighted by Crippen LogP contribution is 2.50. The average molecular weight is 535 g/mol. The lowest BCUT2D eigenvalue weighted by Gasteiger charge is -2.24. The first kappa shape index (κ1) is 27.0. The van der Waals surface area contributed by atoms with Gasteiger partial charge >= 0.3 is 0 Å². The lowest BCUT2D eigenvalue weighted by molar-refractivity contribution is -2.00. The fraction of sp³-hybridized carbons (Fsp3) is 0.167. The minimum atomic E-state index is -4.94. The van der Waals surface area contributed by atoms with Crippen molar-refractivity contribution >= 4 is 45.8 Å². The quantitative estimate of drug-likeness (QED) is 0.348. The lowest BCUT2D eigenvalue weighted by Crippen LogP contribution is -2.68. The molecule has 3 aromatic carbocycles. The molecule has 2 amide bonds. The van der Waals surface area contributed by atoms with Crippen LogP contribution in [-0.4, -0.2) is 25.9 Å². The van der Waals surface area contributed by atoms with Gasteiger partial charge in [-0.3, -0.25) is 9.59 Å². The van der Waals surface area contributed by atoms with E-state index in [1.807, 2.05) is 12.1 Å². The summed E-state index contributed by atoms with van der Waals surface area (Å²) in [6.07, 6.45) is 0. The first-order valence-electron chi connectivity index (χ1n) is 10.2. The highest BCUT2D eigenvalue weighted by molar-refractivity contribution is 8.04. The second kappa shape index (κ2) is 11.0. The Balaban J connectivity index is 0.000000623. The zero-order valence-electron chi connectivity index (χ0n) is 19.4. The second-order valence-corrected chi connectivity index (χ2v) is 11.3. The number of halogens is 1. The average Bonchev–Trinajstić information content (AvgIpc) is 2.80. The largest absolute Gasteiger partial charge is 0.316 e. The fourth-order valence-corrected chi connectivity index (χ4v) is 7.29. The molecule has 8 nitrogen and oxygen atoms in total. The molecule has 0 atom stereocenters. The van der Waals surface area contributed by atoms with E-state index in [0.29, 0.717) is 0 Å². The van der Waals surface area contributed by atoms with Crippen molar-refractivity contribution in [3.63, 3.8) is 0 Å². The minimum Gasteiger partial charge on any atom is -0.316 e. The van der Waals surface area contributed by atoms with Gasteiger partial charge in [0.2, 0.25) is 11.8 Å². The molecule has 11 heteroatoms. The van der Waals surface area contributed by atoms with Gasteiger partial charge in [0.15, 0.2) is 14.7 Å². The summed E-state index contributed by atoms with van der Waals surface area (Å²) in [6.45, 7) is 3.10. The SMILES string of the molecule is CC(=O)N(C)c1ccc([S+]2c3ccccc3Sc3ccccc32)c(N(C)C(C)=O)c1.[O-][Cl+3]([O-])([O-])[O-]. The first-order chi connectivity index (χ1) is 16.4. The molecule has 0 radical (unpaired) electrons. The summed E-state index contributed by atoms with van der Waals surface area (Å²) >= 11 is 1.79. The summed E-state index contributed by atoms with van der Waals surface area (Å²) < 4.78 is 34.0. The standard InChI is InChI=1S/C24H23N2O2S2.ClHO4/c1-16(27)25(3)18-13-14-22(19(15-18)26(4)17(2)28)30-23-11-7-5-9-20(23)29-21-10-6-8-12-24(21)30;2-1(3,4)5/h5-15H,1-4H3;(H,2,3,4,5)/q+1;/p-1. The predicted octanol–water partition coefficient (Wildman–Crippen LogP) is 0.456. The minimum absolute atomic E-state index is 0.0459. The third-order valence-electron chi connectivity index (χ3n) is 5.21. The Hall–Kier alpha value is -2.57. The number of anilines is 2. The van der Waals surface area contributed by atoms with E-state index in [1.165, 1.54) is 26.5 Å². The van der Waals surface area contributed by atoms with Crippen molar-refractivity contribution in [1.82, 2.24) is 0 Å². The van der Waals surface area contributed by atoms with E-state index in [9.17, 15) is 9.59 Å². The van der Waals surface area contributed by atoms with Gasteiger partial charge in [-0.15, -0.1) is 10.2 Å². The maximum absolute atomic E-state index is 12.3. The van der Waals surface area contributed by atoms with Gasteiger partial charge in [-0.1, -0.05) is 36.0 Å². The molecule has 35 heavy (non-hydrogen) atoms. The van der Waals surface area contributed by atoms with Crippen LogP contribution in [0.2, 0.25) is 0 Å². The molecule has 1 aliphatic rings. The smallest absolute Gasteiger partial charge is 0.223 e. The van der Waals surface area contributed by atoms with E-state index in [0.717, 1.165) is 16.3 Å². The molecule has 1 heterocycles. The van der Waals surface area contributed by atoms with Gasteiger partial charge in [0.1, 0.15) is 16.6 Å². The fourth-order valence-electron chi connectivity index (χ4n) is 3.38. The number of rotatable bonds is 3. The maximum atomic E-state index is 12.3. The Bertz CT molecular complexity index is 1200. The van der Waals surface area contributed by atoms with Gasteiger partial charge in [-0.05, 0) is 42.5 Å². The van der Waals surface area contributed by atoms with Crippen LogP contribution in [0, 0.1) is 10.2 Å². The number of amides is 2. The first-order valence-corrected chi connectivity index (χ1v) is 13.5. The lowest BCUT2D eigenvalue weighted by atomic mass is 10.2. The summed E-state index contributed by atoms with van der Waals surface area (Å²) in [5, 5.41) is 0. The van der Waals surface area contributed by atoms with Gasteiger partial charge in [0, 0.05) is 33.6 Å². The number of carbonyl (C=O) groups excluding carboxylic acids is 2. The predicted molar refractivity (Wildman–Crippen MR) is 124 cm³/mol. The van der Waals surface area contributed by atoms with Crippen LogP contribution >= 0.6 is 11.8 Å². The Morgan fingerprint density at radius 3 is 1.66 bits per heavy atom. The molecule has 184 valence electrons. The molecule has 0 aliphatic carbocycles. The van der Waals surface area contributed by atoms with Gasteiger partial charge in [-0.2, -0.15) is 0 Å². The van der Waals surface area contributed by atoms with E-state index in [4.69, 9.17) is 18.6 Å². The molecule has 0 fully saturated rings. The van der Waals surface area contributed by atoms with E-state index < -0.39 is 10.2 Å². The zero-order chi connectivity index (χ0) is 25.9. The van der Waals surface area contributed by atoms with Crippen LogP contribution in [0.25, 0.3) is 0 Å². The van der Waals surface area contributed by atoms with Gasteiger partial charge < -0.3 is 9.80 Å². The molecule has 4 rings (SSSR count). The summed E-state index contributed by atoms with van der Waals surface area (Å²) in [5.74, 6) is -0.0955. The van der Waals surface area contributed by atoms with Crippen molar-refractivity contribution in [3.8, 4) is 0 Å². The molecule has 0 aromatic heterocycles. The maximum Gasteiger partial charge on any atom is 0.223 e. The third-order valence-corrected chi connectivity index (χ3v) is 9.00. The summed E-state index contributed by atoms with van der Waals surface area (Å²) in [4.78, 5) is 33.6. The van der Waals surface area contributed by atoms with Crippen LogP contribution in [0.15, 0.2) is 91.2 Å².